The highest BCUT2D eigenvalue weighted by molar-refractivity contribution is 5.99. The Bertz CT molecular complexity index is 843. The second-order valence-electron chi connectivity index (χ2n) is 7.79. The Balaban J connectivity index is 1.62. The molecule has 0 bridgehead atoms. The maximum absolute atomic E-state index is 12.4. The van der Waals surface area contributed by atoms with Crippen LogP contribution in [0.2, 0.25) is 0 Å². The molecule has 4 rings (SSSR count). The van der Waals surface area contributed by atoms with Crippen molar-refractivity contribution in [3.63, 3.8) is 0 Å². The van der Waals surface area contributed by atoms with Crippen LogP contribution in [0.4, 0.5) is 11.6 Å². The van der Waals surface area contributed by atoms with Gasteiger partial charge in [0.1, 0.15) is 11.6 Å². The van der Waals surface area contributed by atoms with Crippen molar-refractivity contribution in [2.45, 2.75) is 38.1 Å². The summed E-state index contributed by atoms with van der Waals surface area (Å²) in [7, 11) is 1.66. The first kappa shape index (κ1) is 19.6. The zero-order chi connectivity index (χ0) is 20.1. The third kappa shape index (κ3) is 4.67. The van der Waals surface area contributed by atoms with E-state index in [2.05, 4.69) is 31.9 Å². The summed E-state index contributed by atoms with van der Waals surface area (Å²) in [6, 6.07) is 8.36. The van der Waals surface area contributed by atoms with Crippen molar-refractivity contribution < 1.29 is 4.79 Å². The van der Waals surface area contributed by atoms with Crippen LogP contribution in [0.15, 0.2) is 30.5 Å². The van der Waals surface area contributed by atoms with Crippen LogP contribution in [-0.4, -0.2) is 55.1 Å². The molecule has 0 unspecified atom stereocenters. The Labute approximate surface area is 172 Å². The van der Waals surface area contributed by atoms with E-state index >= 15 is 0 Å². The Morgan fingerprint density at radius 1 is 1.14 bits per heavy atom. The molecule has 29 heavy (non-hydrogen) atoms. The van der Waals surface area contributed by atoms with Crippen molar-refractivity contribution in [2.75, 3.05) is 43.4 Å². The van der Waals surface area contributed by atoms with E-state index in [1.165, 1.54) is 32.1 Å². The molecule has 0 spiro atoms. The smallest absolute Gasteiger partial charge is 0.254 e. The minimum absolute atomic E-state index is 0.105. The van der Waals surface area contributed by atoms with E-state index in [9.17, 15) is 4.79 Å². The molecule has 2 aliphatic rings. The number of piperazine rings is 1. The van der Waals surface area contributed by atoms with Gasteiger partial charge in [-0.15, -0.1) is 0 Å². The standard InChI is InChI=1S/C22H30N6O/c1-23-22(29)18-7-8-19(27-21(18)28-13-11-24-12-14-28)16-9-10-25-20(15-16)26-17-5-3-2-4-6-17/h7-10,15,17,24H,2-6,11-14H2,1H3,(H,23,29)(H,25,26). The van der Waals surface area contributed by atoms with E-state index < -0.39 is 0 Å². The molecular weight excluding hydrogens is 364 g/mol. The van der Waals surface area contributed by atoms with Gasteiger partial charge in [0.15, 0.2) is 0 Å². The average Bonchev–Trinajstić information content (AvgIpc) is 2.79. The minimum Gasteiger partial charge on any atom is -0.367 e. The lowest BCUT2D eigenvalue weighted by atomic mass is 9.95. The summed E-state index contributed by atoms with van der Waals surface area (Å²) >= 11 is 0. The predicted molar refractivity (Wildman–Crippen MR) is 116 cm³/mol. The van der Waals surface area contributed by atoms with Gasteiger partial charge in [0.2, 0.25) is 0 Å². The summed E-state index contributed by atoms with van der Waals surface area (Å²) in [4.78, 5) is 24.0. The second kappa shape index (κ2) is 9.22. The van der Waals surface area contributed by atoms with Crippen molar-refractivity contribution in [1.29, 1.82) is 0 Å². The van der Waals surface area contributed by atoms with Gasteiger partial charge in [-0.1, -0.05) is 19.3 Å². The van der Waals surface area contributed by atoms with E-state index in [4.69, 9.17) is 4.98 Å². The highest BCUT2D eigenvalue weighted by Crippen LogP contribution is 2.27. The molecule has 1 aliphatic carbocycles. The van der Waals surface area contributed by atoms with Gasteiger partial charge in [0.25, 0.3) is 5.91 Å². The number of pyridine rings is 2. The lowest BCUT2D eigenvalue weighted by Crippen LogP contribution is -2.44. The largest absolute Gasteiger partial charge is 0.367 e. The number of rotatable bonds is 5. The molecule has 1 saturated heterocycles. The lowest BCUT2D eigenvalue weighted by Gasteiger charge is -2.30. The van der Waals surface area contributed by atoms with Gasteiger partial charge >= 0.3 is 0 Å². The lowest BCUT2D eigenvalue weighted by molar-refractivity contribution is 0.0963. The Kier molecular flexibility index (Phi) is 6.24. The fraction of sp³-hybridized carbons (Fsp3) is 0.500. The number of hydrogen-bond acceptors (Lipinski definition) is 6. The monoisotopic (exact) mass is 394 g/mol. The summed E-state index contributed by atoms with van der Waals surface area (Å²) in [6.45, 7) is 3.46. The first-order valence-corrected chi connectivity index (χ1v) is 10.7. The van der Waals surface area contributed by atoms with Crippen LogP contribution in [0.5, 0.6) is 0 Å². The van der Waals surface area contributed by atoms with Gasteiger partial charge in [-0.2, -0.15) is 0 Å². The molecule has 1 aliphatic heterocycles. The van der Waals surface area contributed by atoms with Gasteiger partial charge in [0, 0.05) is 51.0 Å². The molecule has 3 heterocycles. The third-order valence-corrected chi connectivity index (χ3v) is 5.78. The Hall–Kier alpha value is -2.67. The molecule has 1 saturated carbocycles. The Morgan fingerprint density at radius 2 is 1.93 bits per heavy atom. The summed E-state index contributed by atoms with van der Waals surface area (Å²) in [5, 5.41) is 9.67. The normalized spacial score (nSPS) is 17.8. The highest BCUT2D eigenvalue weighted by atomic mass is 16.1. The van der Waals surface area contributed by atoms with Gasteiger partial charge in [-0.3, -0.25) is 4.79 Å². The summed E-state index contributed by atoms with van der Waals surface area (Å²) in [6.07, 6.45) is 8.15. The van der Waals surface area contributed by atoms with Gasteiger partial charge in [0.05, 0.1) is 11.3 Å². The number of hydrogen-bond donors (Lipinski definition) is 3. The average molecular weight is 395 g/mol. The fourth-order valence-electron chi connectivity index (χ4n) is 4.16. The number of amides is 1. The second-order valence-corrected chi connectivity index (χ2v) is 7.79. The Morgan fingerprint density at radius 3 is 2.69 bits per heavy atom. The quantitative estimate of drug-likeness (QED) is 0.723. The molecule has 7 heteroatoms. The number of nitrogens with zero attached hydrogens (tertiary/aromatic N) is 3. The highest BCUT2D eigenvalue weighted by Gasteiger charge is 2.21. The van der Waals surface area contributed by atoms with Crippen molar-refractivity contribution >= 4 is 17.5 Å². The number of aromatic nitrogens is 2. The van der Waals surface area contributed by atoms with E-state index in [1.54, 1.807) is 7.05 Å². The molecule has 154 valence electrons. The number of carbonyl (C=O) groups excluding carboxylic acids is 1. The van der Waals surface area contributed by atoms with Crippen LogP contribution >= 0.6 is 0 Å². The SMILES string of the molecule is CNC(=O)c1ccc(-c2ccnc(NC3CCCCC3)c2)nc1N1CCNCC1. The van der Waals surface area contributed by atoms with Gasteiger partial charge in [-0.05, 0) is 37.1 Å². The maximum Gasteiger partial charge on any atom is 0.254 e. The topological polar surface area (TPSA) is 82.2 Å². The molecule has 7 nitrogen and oxygen atoms in total. The first-order valence-electron chi connectivity index (χ1n) is 10.7. The maximum atomic E-state index is 12.4. The van der Waals surface area contributed by atoms with E-state index in [0.29, 0.717) is 11.6 Å². The summed E-state index contributed by atoms with van der Waals surface area (Å²) in [5.74, 6) is 1.55. The zero-order valence-corrected chi connectivity index (χ0v) is 17.1. The van der Waals surface area contributed by atoms with Crippen LogP contribution in [0, 0.1) is 0 Å². The fourth-order valence-corrected chi connectivity index (χ4v) is 4.16. The first-order chi connectivity index (χ1) is 14.2. The van der Waals surface area contributed by atoms with Crippen molar-refractivity contribution in [3.05, 3.63) is 36.0 Å². The molecule has 0 aromatic carbocycles. The van der Waals surface area contributed by atoms with E-state index in [1.807, 2.05) is 24.4 Å². The number of anilines is 2. The summed E-state index contributed by atoms with van der Waals surface area (Å²) in [5.41, 5.74) is 2.49. The molecule has 2 fully saturated rings. The van der Waals surface area contributed by atoms with Crippen molar-refractivity contribution in [2.24, 2.45) is 0 Å². The van der Waals surface area contributed by atoms with Crippen LogP contribution in [0.3, 0.4) is 0 Å². The molecule has 2 aromatic rings. The van der Waals surface area contributed by atoms with Crippen LogP contribution in [0.25, 0.3) is 11.3 Å². The zero-order valence-electron chi connectivity index (χ0n) is 17.1. The van der Waals surface area contributed by atoms with Gasteiger partial charge < -0.3 is 20.9 Å². The van der Waals surface area contributed by atoms with Crippen LogP contribution < -0.4 is 20.9 Å². The van der Waals surface area contributed by atoms with Crippen molar-refractivity contribution in [1.82, 2.24) is 20.6 Å². The molecular formula is C22H30N6O. The van der Waals surface area contributed by atoms with Gasteiger partial charge in [-0.25, -0.2) is 9.97 Å². The molecule has 3 N–H and O–H groups in total. The number of carbonyl (C=O) groups is 1. The van der Waals surface area contributed by atoms with Crippen LogP contribution in [-0.2, 0) is 0 Å². The van der Waals surface area contributed by atoms with Crippen molar-refractivity contribution in [3.8, 4) is 11.3 Å². The molecule has 0 atom stereocenters. The molecule has 1 amide bonds. The van der Waals surface area contributed by atoms with E-state index in [-0.39, 0.29) is 5.91 Å². The predicted octanol–water partition coefficient (Wildman–Crippen LogP) is 2.66. The van der Waals surface area contributed by atoms with E-state index in [0.717, 1.165) is 49.1 Å². The minimum atomic E-state index is -0.105. The number of nitrogens with one attached hydrogen (secondary N) is 3. The molecule has 0 radical (unpaired) electrons. The summed E-state index contributed by atoms with van der Waals surface area (Å²) < 4.78 is 0. The molecule has 2 aromatic heterocycles. The third-order valence-electron chi connectivity index (χ3n) is 5.78. The van der Waals surface area contributed by atoms with Crippen LogP contribution in [0.1, 0.15) is 42.5 Å².